The van der Waals surface area contributed by atoms with E-state index in [1.54, 1.807) is 28.9 Å². The second-order valence-corrected chi connectivity index (χ2v) is 10.3. The predicted molar refractivity (Wildman–Crippen MR) is 130 cm³/mol. The Kier molecular flexibility index (Phi) is 7.78. The molecule has 3 atom stereocenters. The molecular weight excluding hydrogens is 539 g/mol. The molecule has 0 bridgehead atoms. The Morgan fingerprint density at radius 2 is 1.94 bits per heavy atom. The number of nitrogens with zero attached hydrogens (tertiary/aromatic N) is 2. The van der Waals surface area contributed by atoms with Crippen molar-refractivity contribution in [3.8, 4) is 11.1 Å². The van der Waals surface area contributed by atoms with Crippen LogP contribution < -0.4 is 10.6 Å². The molecule has 3 amide bonds. The van der Waals surface area contributed by atoms with Crippen LogP contribution in [0.4, 0.5) is 4.79 Å². The molecular formula is C23H29IN4O5. The number of carbonyl (C=O) groups is 3. The number of nitrogens with one attached hydrogen (secondary N) is 2. The van der Waals surface area contributed by atoms with Crippen molar-refractivity contribution in [2.45, 2.75) is 58.8 Å². The number of hydrogen-bond acceptors (Lipinski definition) is 6. The molecule has 2 heterocycles. The summed E-state index contributed by atoms with van der Waals surface area (Å²) in [6.45, 7) is 7.72. The van der Waals surface area contributed by atoms with E-state index in [0.29, 0.717) is 0 Å². The van der Waals surface area contributed by atoms with Gasteiger partial charge in [0.15, 0.2) is 0 Å². The predicted octanol–water partition coefficient (Wildman–Crippen LogP) is 2.79. The van der Waals surface area contributed by atoms with Crippen molar-refractivity contribution in [3.63, 3.8) is 0 Å². The number of amides is 3. The first-order valence-electron chi connectivity index (χ1n) is 10.7. The molecule has 1 aromatic carbocycles. The Labute approximate surface area is 206 Å². The number of carbonyl (C=O) groups excluding carboxylic acids is 3. The molecule has 0 aliphatic carbocycles. The van der Waals surface area contributed by atoms with Crippen LogP contribution in [0.3, 0.4) is 0 Å². The number of hydrogen-bond donors (Lipinski definition) is 3. The third-order valence-electron chi connectivity index (χ3n) is 5.72. The van der Waals surface area contributed by atoms with Crippen LogP contribution in [0.2, 0.25) is 0 Å². The zero-order valence-electron chi connectivity index (χ0n) is 19.1. The lowest BCUT2D eigenvalue weighted by Gasteiger charge is -2.34. The van der Waals surface area contributed by atoms with E-state index in [1.165, 1.54) is 4.90 Å². The van der Waals surface area contributed by atoms with E-state index in [1.807, 2.05) is 52.0 Å². The van der Waals surface area contributed by atoms with Crippen molar-refractivity contribution in [2.24, 2.45) is 5.41 Å². The summed E-state index contributed by atoms with van der Waals surface area (Å²) in [7, 11) is 0. The lowest BCUT2D eigenvalue weighted by molar-refractivity contribution is -0.141. The van der Waals surface area contributed by atoms with Gasteiger partial charge in [0.05, 0.1) is 11.8 Å². The van der Waals surface area contributed by atoms with Gasteiger partial charge in [-0.2, -0.15) is 0 Å². The monoisotopic (exact) mass is 568 g/mol. The van der Waals surface area contributed by atoms with Crippen LogP contribution in [-0.4, -0.2) is 55.6 Å². The van der Waals surface area contributed by atoms with E-state index in [4.69, 9.17) is 4.52 Å². The first-order valence-corrected chi connectivity index (χ1v) is 11.8. The minimum absolute atomic E-state index is 0.0490. The molecule has 33 heavy (non-hydrogen) atoms. The van der Waals surface area contributed by atoms with Gasteiger partial charge < -0.3 is 25.2 Å². The lowest BCUT2D eigenvalue weighted by Crippen LogP contribution is -2.57. The summed E-state index contributed by atoms with van der Waals surface area (Å²) in [5.41, 5.74) is 3.00. The molecule has 2 aromatic rings. The van der Waals surface area contributed by atoms with Crippen LogP contribution in [0.1, 0.15) is 38.4 Å². The molecule has 0 radical (unpaired) electrons. The number of aliphatic hydroxyl groups is 1. The average Bonchev–Trinajstić information content (AvgIpc) is 3.35. The number of likely N-dealkylation sites (tertiary alicyclic amines) is 1. The molecule has 1 fully saturated rings. The van der Waals surface area contributed by atoms with Gasteiger partial charge in [-0.1, -0.05) is 50.2 Å². The van der Waals surface area contributed by atoms with Crippen molar-refractivity contribution < 1.29 is 24.0 Å². The first-order chi connectivity index (χ1) is 15.5. The van der Waals surface area contributed by atoms with Gasteiger partial charge in [-0.05, 0) is 23.5 Å². The molecule has 1 saturated heterocycles. The van der Waals surface area contributed by atoms with Crippen LogP contribution >= 0.6 is 22.6 Å². The van der Waals surface area contributed by atoms with Crippen molar-refractivity contribution in [1.82, 2.24) is 20.7 Å². The molecule has 3 rings (SSSR count). The number of aryl methyl sites for hydroxylation is 1. The summed E-state index contributed by atoms with van der Waals surface area (Å²) in [5, 5.41) is 19.6. The van der Waals surface area contributed by atoms with E-state index in [9.17, 15) is 19.5 Å². The highest BCUT2D eigenvalue weighted by Gasteiger charge is 2.44. The van der Waals surface area contributed by atoms with Crippen LogP contribution in [-0.2, 0) is 16.1 Å². The third-order valence-corrected chi connectivity index (χ3v) is 6.03. The highest BCUT2D eigenvalue weighted by Crippen LogP contribution is 2.27. The molecule has 3 unspecified atom stereocenters. The van der Waals surface area contributed by atoms with E-state index in [-0.39, 0.29) is 35.2 Å². The smallest absolute Gasteiger partial charge is 0.281 e. The Morgan fingerprint density at radius 1 is 1.27 bits per heavy atom. The maximum atomic E-state index is 13.2. The summed E-state index contributed by atoms with van der Waals surface area (Å²) in [4.78, 5) is 39.2. The molecule has 3 N–H and O–H groups in total. The maximum Gasteiger partial charge on any atom is 0.281 e. The average molecular weight is 568 g/mol. The van der Waals surface area contributed by atoms with Gasteiger partial charge in [-0.3, -0.25) is 14.4 Å². The first kappa shape index (κ1) is 25.2. The van der Waals surface area contributed by atoms with E-state index in [2.05, 4.69) is 15.8 Å². The van der Waals surface area contributed by atoms with Gasteiger partial charge in [-0.25, -0.2) is 0 Å². The number of halogens is 1. The molecule has 178 valence electrons. The molecule has 0 spiro atoms. The zero-order valence-corrected chi connectivity index (χ0v) is 21.3. The minimum atomic E-state index is -0.809. The molecule has 1 aliphatic rings. The van der Waals surface area contributed by atoms with Crippen molar-refractivity contribution >= 4 is 38.3 Å². The molecule has 10 heteroatoms. The number of aliphatic hydroxyl groups excluding tert-OH is 1. The van der Waals surface area contributed by atoms with Gasteiger partial charge in [-0.15, -0.1) is 0 Å². The summed E-state index contributed by atoms with van der Waals surface area (Å²) in [6.07, 6.45) is 0.943. The van der Waals surface area contributed by atoms with E-state index in [0.717, 1.165) is 22.4 Å². The Bertz CT molecular complexity index is 1010. The van der Waals surface area contributed by atoms with Gasteiger partial charge in [0.1, 0.15) is 18.3 Å². The fourth-order valence-corrected chi connectivity index (χ4v) is 4.22. The summed E-state index contributed by atoms with van der Waals surface area (Å²) >= 11 is 1.59. The van der Waals surface area contributed by atoms with Gasteiger partial charge in [0, 0.05) is 47.7 Å². The normalized spacial score (nSPS) is 19.3. The molecule has 0 saturated carbocycles. The van der Waals surface area contributed by atoms with Crippen molar-refractivity contribution in [3.05, 3.63) is 41.8 Å². The number of β-amino-alcohol motifs (C(OH)–C–C–N with tert-alkyl or cyclic N) is 1. The van der Waals surface area contributed by atoms with Crippen molar-refractivity contribution in [1.29, 1.82) is 0 Å². The van der Waals surface area contributed by atoms with Gasteiger partial charge in [0.25, 0.3) is 3.91 Å². The number of aromatic nitrogens is 1. The Hall–Kier alpha value is -2.47. The van der Waals surface area contributed by atoms with E-state index < -0.39 is 23.6 Å². The summed E-state index contributed by atoms with van der Waals surface area (Å²) < 4.78 is 4.62. The summed E-state index contributed by atoms with van der Waals surface area (Å²) in [5.74, 6) is -0.718. The largest absolute Gasteiger partial charge is 0.391 e. The highest BCUT2D eigenvalue weighted by atomic mass is 127. The second-order valence-electron chi connectivity index (χ2n) is 9.34. The summed E-state index contributed by atoms with van der Waals surface area (Å²) in [6, 6.07) is 6.05. The highest BCUT2D eigenvalue weighted by molar-refractivity contribution is 14.1. The molecule has 1 aliphatic heterocycles. The fraction of sp³-hybridized carbons (Fsp3) is 0.478. The van der Waals surface area contributed by atoms with Gasteiger partial charge >= 0.3 is 0 Å². The molecule has 1 aromatic heterocycles. The third kappa shape index (κ3) is 6.11. The maximum absolute atomic E-state index is 13.2. The minimum Gasteiger partial charge on any atom is -0.391 e. The lowest BCUT2D eigenvalue weighted by atomic mass is 9.85. The van der Waals surface area contributed by atoms with Crippen LogP contribution in [0.5, 0.6) is 0 Å². The number of benzene rings is 1. The Balaban J connectivity index is 1.67. The molecule has 9 nitrogen and oxygen atoms in total. The van der Waals surface area contributed by atoms with Gasteiger partial charge in [0.2, 0.25) is 11.8 Å². The van der Waals surface area contributed by atoms with Crippen molar-refractivity contribution in [2.75, 3.05) is 6.54 Å². The fourth-order valence-electron chi connectivity index (χ4n) is 3.91. The quantitative estimate of drug-likeness (QED) is 0.280. The Morgan fingerprint density at radius 3 is 2.48 bits per heavy atom. The van der Waals surface area contributed by atoms with E-state index >= 15 is 0 Å². The SMILES string of the molecule is Cc1nocc1-c1ccc(CNC(=O)C2CC(O)CN2C(=O)C(NC(=O)I)C(C)(C)C)cc1. The standard InChI is InChI=1S/C23H29IN4O5/c1-13-17(12-33-27-13)15-7-5-14(6-8-15)10-25-20(30)18-9-16(29)11-28(18)21(31)19(23(2,3)4)26-22(24)32/h5-8,12,16,18-19,29H,9-11H2,1-4H3,(H,25,30)(H,26,32). The number of rotatable bonds is 6. The topological polar surface area (TPSA) is 125 Å². The van der Waals surface area contributed by atoms with Crippen LogP contribution in [0.25, 0.3) is 11.1 Å². The van der Waals surface area contributed by atoms with Crippen LogP contribution in [0, 0.1) is 12.3 Å². The second kappa shape index (κ2) is 10.2. The van der Waals surface area contributed by atoms with Crippen LogP contribution in [0.15, 0.2) is 35.1 Å². The zero-order chi connectivity index (χ0) is 24.3.